The molecule has 1 amide bonds. The van der Waals surface area contributed by atoms with E-state index in [4.69, 9.17) is 4.74 Å². The molecule has 0 bridgehead atoms. The van der Waals surface area contributed by atoms with Crippen LogP contribution in [0.2, 0.25) is 0 Å². The van der Waals surface area contributed by atoms with Gasteiger partial charge in [0.05, 0.1) is 13.0 Å². The number of nitrogens with zero attached hydrogens (tertiary/aromatic N) is 4. The molecule has 3 rings (SSSR count). The molecule has 0 aliphatic heterocycles. The van der Waals surface area contributed by atoms with Gasteiger partial charge in [0, 0.05) is 11.5 Å². The van der Waals surface area contributed by atoms with Crippen molar-refractivity contribution >= 4 is 11.6 Å². The van der Waals surface area contributed by atoms with Crippen LogP contribution in [0.15, 0.2) is 48.5 Å². The highest BCUT2D eigenvalue weighted by atomic mass is 16.5. The van der Waals surface area contributed by atoms with Gasteiger partial charge in [0.2, 0.25) is 5.91 Å². The number of tetrazole rings is 1. The predicted molar refractivity (Wildman–Crippen MR) is 97.0 cm³/mol. The number of para-hydroxylation sites is 1. The van der Waals surface area contributed by atoms with Crippen LogP contribution < -0.4 is 15.2 Å². The minimum absolute atomic E-state index is 0.213. The normalized spacial score (nSPS) is 11.8. The van der Waals surface area contributed by atoms with Crippen LogP contribution in [-0.2, 0) is 17.6 Å². The molecule has 0 saturated heterocycles. The van der Waals surface area contributed by atoms with Gasteiger partial charge in [0.25, 0.3) is 0 Å². The third kappa shape index (κ3) is 4.05. The molecular formula is C19H20N5O2-. The number of carbonyl (C=O) groups is 1. The van der Waals surface area contributed by atoms with Crippen LogP contribution in [0.1, 0.15) is 29.8 Å². The Balaban J connectivity index is 1.82. The fraction of sp³-hybridized carbons (Fsp3) is 0.263. The number of anilines is 1. The highest BCUT2D eigenvalue weighted by molar-refractivity contribution is 5.95. The Morgan fingerprint density at radius 1 is 1.19 bits per heavy atom. The molecule has 0 radical (unpaired) electrons. The number of aromatic nitrogens is 4. The molecule has 7 heteroatoms. The van der Waals surface area contributed by atoms with Gasteiger partial charge in [0.15, 0.2) is 0 Å². The van der Waals surface area contributed by atoms with Gasteiger partial charge >= 0.3 is 0 Å². The molecule has 134 valence electrons. The summed E-state index contributed by atoms with van der Waals surface area (Å²) < 4.78 is 5.38. The summed E-state index contributed by atoms with van der Waals surface area (Å²) in [6, 6.07) is 15.3. The second-order valence-electron chi connectivity index (χ2n) is 5.85. The Bertz CT molecular complexity index is 847. The van der Waals surface area contributed by atoms with Gasteiger partial charge in [-0.05, 0) is 42.2 Å². The topological polar surface area (TPSA) is 91.1 Å². The molecule has 2 aromatic carbocycles. The zero-order valence-electron chi connectivity index (χ0n) is 14.7. The Kier molecular flexibility index (Phi) is 5.58. The van der Waals surface area contributed by atoms with Crippen molar-refractivity contribution in [2.24, 2.45) is 0 Å². The van der Waals surface area contributed by atoms with E-state index in [1.54, 1.807) is 7.11 Å². The summed E-state index contributed by atoms with van der Waals surface area (Å²) in [6.07, 6.45) is 1.33. The minimum Gasteiger partial charge on any atom is -0.496 e. The van der Waals surface area contributed by atoms with Crippen LogP contribution in [0.25, 0.3) is 0 Å². The average molecular weight is 350 g/mol. The van der Waals surface area contributed by atoms with E-state index < -0.39 is 5.92 Å². The number of nitrogens with one attached hydrogen (secondary N) is 1. The van der Waals surface area contributed by atoms with E-state index in [-0.39, 0.29) is 5.91 Å². The summed E-state index contributed by atoms with van der Waals surface area (Å²) in [7, 11) is 1.60. The predicted octanol–water partition coefficient (Wildman–Crippen LogP) is 2.36. The summed E-state index contributed by atoms with van der Waals surface area (Å²) >= 11 is 0. The van der Waals surface area contributed by atoms with Crippen LogP contribution in [0.3, 0.4) is 0 Å². The van der Waals surface area contributed by atoms with Gasteiger partial charge in [-0.15, -0.1) is 0 Å². The summed E-state index contributed by atoms with van der Waals surface area (Å²) in [6.45, 7) is 2.09. The number of hydrogen-bond acceptors (Lipinski definition) is 5. The van der Waals surface area contributed by atoms with Crippen LogP contribution >= 0.6 is 0 Å². The largest absolute Gasteiger partial charge is 0.496 e. The smallest absolute Gasteiger partial charge is 0.232 e. The molecule has 0 spiro atoms. The molecule has 1 heterocycles. The first-order chi connectivity index (χ1) is 12.7. The lowest BCUT2D eigenvalue weighted by Crippen LogP contribution is -2.24. The fourth-order valence-corrected chi connectivity index (χ4v) is 2.74. The van der Waals surface area contributed by atoms with Crippen molar-refractivity contribution in [3.8, 4) is 5.75 Å². The number of benzene rings is 2. The van der Waals surface area contributed by atoms with Crippen molar-refractivity contribution in [1.82, 2.24) is 20.6 Å². The zero-order valence-corrected chi connectivity index (χ0v) is 14.7. The van der Waals surface area contributed by atoms with E-state index in [0.717, 1.165) is 17.7 Å². The second-order valence-corrected chi connectivity index (χ2v) is 5.85. The molecule has 1 N–H and O–H groups in total. The average Bonchev–Trinajstić information content (AvgIpc) is 3.21. The Hall–Kier alpha value is -3.22. The van der Waals surface area contributed by atoms with Gasteiger partial charge in [0.1, 0.15) is 5.75 Å². The van der Waals surface area contributed by atoms with Crippen molar-refractivity contribution in [2.75, 3.05) is 12.4 Å². The first-order valence-corrected chi connectivity index (χ1v) is 8.41. The van der Waals surface area contributed by atoms with Gasteiger partial charge in [-0.3, -0.25) is 15.1 Å². The summed E-state index contributed by atoms with van der Waals surface area (Å²) in [5, 5.41) is 17.7. The van der Waals surface area contributed by atoms with Crippen molar-refractivity contribution < 1.29 is 9.53 Å². The Labute approximate surface area is 151 Å². The molecule has 1 aromatic heterocycles. The van der Waals surface area contributed by atoms with Crippen molar-refractivity contribution in [1.29, 1.82) is 0 Å². The van der Waals surface area contributed by atoms with E-state index in [9.17, 15) is 4.79 Å². The number of ether oxygens (including phenoxy) is 1. The molecule has 0 aliphatic carbocycles. The fourth-order valence-electron chi connectivity index (χ4n) is 2.74. The second kappa shape index (κ2) is 8.24. The van der Waals surface area contributed by atoms with Crippen molar-refractivity contribution in [2.45, 2.75) is 25.7 Å². The van der Waals surface area contributed by atoms with E-state index in [2.05, 4.69) is 32.9 Å². The van der Waals surface area contributed by atoms with E-state index >= 15 is 0 Å². The molecule has 0 unspecified atom stereocenters. The van der Waals surface area contributed by atoms with Crippen LogP contribution in [0.4, 0.5) is 5.69 Å². The van der Waals surface area contributed by atoms with E-state index in [0.29, 0.717) is 18.0 Å². The third-order valence-electron chi connectivity index (χ3n) is 4.21. The monoisotopic (exact) mass is 350 g/mol. The summed E-state index contributed by atoms with van der Waals surface area (Å²) in [5.74, 6) is 0.172. The SMILES string of the molecule is CCc1ccc(NC(=O)[C@H](Cc2ccccc2OC)c2nnn[n-]2)cc1. The standard InChI is InChI=1S/C19H21N5O2/c1-3-13-8-10-15(11-9-13)20-19(25)16(18-21-23-24-22-18)12-14-6-4-5-7-17(14)26-2/h4-11,16H,3,12H2,1-2H3,(H2,20,21,22,23,24,25)/p-1/t16-/m1/s1. The molecule has 3 aromatic rings. The zero-order chi connectivity index (χ0) is 18.4. The van der Waals surface area contributed by atoms with Gasteiger partial charge in [-0.1, -0.05) is 37.3 Å². The number of carbonyl (C=O) groups excluding carboxylic acids is 1. The Morgan fingerprint density at radius 3 is 2.62 bits per heavy atom. The van der Waals surface area contributed by atoms with Crippen molar-refractivity contribution in [3.63, 3.8) is 0 Å². The van der Waals surface area contributed by atoms with E-state index in [1.807, 2.05) is 48.5 Å². The molecule has 0 aliphatic rings. The number of aryl methyl sites for hydroxylation is 1. The highest BCUT2D eigenvalue weighted by Crippen LogP contribution is 2.25. The van der Waals surface area contributed by atoms with Crippen LogP contribution in [0, 0.1) is 0 Å². The lowest BCUT2D eigenvalue weighted by Gasteiger charge is -2.18. The molecule has 26 heavy (non-hydrogen) atoms. The third-order valence-corrected chi connectivity index (χ3v) is 4.21. The van der Waals surface area contributed by atoms with E-state index in [1.165, 1.54) is 5.56 Å². The van der Waals surface area contributed by atoms with Crippen molar-refractivity contribution in [3.05, 3.63) is 65.5 Å². The number of methoxy groups -OCH3 is 1. The lowest BCUT2D eigenvalue weighted by atomic mass is 9.97. The molecule has 0 fully saturated rings. The number of hydrogen-bond donors (Lipinski definition) is 1. The van der Waals surface area contributed by atoms with Gasteiger partial charge < -0.3 is 15.2 Å². The molecule has 7 nitrogen and oxygen atoms in total. The molecule has 0 saturated carbocycles. The number of amides is 1. The molecular weight excluding hydrogens is 330 g/mol. The maximum Gasteiger partial charge on any atom is 0.232 e. The van der Waals surface area contributed by atoms with Crippen LogP contribution in [0.5, 0.6) is 5.75 Å². The lowest BCUT2D eigenvalue weighted by molar-refractivity contribution is -0.117. The summed E-state index contributed by atoms with van der Waals surface area (Å²) in [4.78, 5) is 12.9. The quantitative estimate of drug-likeness (QED) is 0.703. The first-order valence-electron chi connectivity index (χ1n) is 8.41. The molecule has 1 atom stereocenters. The van der Waals surface area contributed by atoms with Gasteiger partial charge in [-0.25, -0.2) is 0 Å². The first kappa shape index (κ1) is 17.6. The summed E-state index contributed by atoms with van der Waals surface area (Å²) in [5.41, 5.74) is 2.83. The Morgan fingerprint density at radius 2 is 1.96 bits per heavy atom. The highest BCUT2D eigenvalue weighted by Gasteiger charge is 2.22. The number of rotatable bonds is 7. The minimum atomic E-state index is -0.618. The maximum absolute atomic E-state index is 12.9. The maximum atomic E-state index is 12.9. The van der Waals surface area contributed by atoms with Gasteiger partial charge in [-0.2, -0.15) is 5.21 Å². The van der Waals surface area contributed by atoms with Crippen LogP contribution in [-0.4, -0.2) is 28.5 Å².